The molecule has 0 radical (unpaired) electrons. The largest absolute Gasteiger partial charge is 0.367 e. The first kappa shape index (κ1) is 18.1. The molecule has 0 aliphatic carbocycles. The molecule has 25 heavy (non-hydrogen) atoms. The van der Waals surface area contributed by atoms with Crippen molar-refractivity contribution in [2.75, 3.05) is 43.4 Å². The summed E-state index contributed by atoms with van der Waals surface area (Å²) in [6.45, 7) is 3.91. The Labute approximate surface area is 158 Å². The van der Waals surface area contributed by atoms with E-state index in [1.165, 1.54) is 0 Å². The maximum Gasteiger partial charge on any atom is 0.228 e. The van der Waals surface area contributed by atoms with Crippen molar-refractivity contribution in [3.8, 4) is 0 Å². The van der Waals surface area contributed by atoms with E-state index in [2.05, 4.69) is 22.2 Å². The van der Waals surface area contributed by atoms with Crippen molar-refractivity contribution in [3.63, 3.8) is 0 Å². The summed E-state index contributed by atoms with van der Waals surface area (Å²) < 4.78 is 0. The number of nitrogens with one attached hydrogen (secondary N) is 1. The van der Waals surface area contributed by atoms with Gasteiger partial charge in [-0.1, -0.05) is 41.4 Å². The molecule has 0 spiro atoms. The molecule has 6 heteroatoms. The number of anilines is 2. The lowest BCUT2D eigenvalue weighted by molar-refractivity contribution is -0.115. The highest BCUT2D eigenvalue weighted by Crippen LogP contribution is 2.28. The van der Waals surface area contributed by atoms with Gasteiger partial charge in [-0.3, -0.25) is 4.79 Å². The Hall–Kier alpha value is -1.75. The highest BCUT2D eigenvalue weighted by atomic mass is 35.5. The first-order chi connectivity index (χ1) is 12.0. The lowest BCUT2D eigenvalue weighted by Crippen LogP contribution is -2.44. The maximum absolute atomic E-state index is 12.5. The van der Waals surface area contributed by atoms with E-state index in [9.17, 15) is 4.79 Å². The number of benzene rings is 2. The van der Waals surface area contributed by atoms with Gasteiger partial charge in [-0.15, -0.1) is 0 Å². The highest BCUT2D eigenvalue weighted by Gasteiger charge is 2.18. The second-order valence-corrected chi connectivity index (χ2v) is 7.05. The van der Waals surface area contributed by atoms with Gasteiger partial charge in [0.2, 0.25) is 5.91 Å². The first-order valence-corrected chi connectivity index (χ1v) is 9.05. The van der Waals surface area contributed by atoms with Crippen molar-refractivity contribution in [3.05, 3.63) is 58.1 Å². The van der Waals surface area contributed by atoms with Crippen LogP contribution in [0.1, 0.15) is 5.56 Å². The van der Waals surface area contributed by atoms with Crippen molar-refractivity contribution >= 4 is 40.5 Å². The SMILES string of the molecule is CN1CCN(c2ccccc2NC(=O)Cc2c(Cl)cccc2Cl)CC1. The number of piperazine rings is 1. The molecule has 0 aromatic heterocycles. The molecule has 1 amide bonds. The molecule has 1 heterocycles. The number of amides is 1. The van der Waals surface area contributed by atoms with Crippen LogP contribution in [-0.2, 0) is 11.2 Å². The highest BCUT2D eigenvalue weighted by molar-refractivity contribution is 6.36. The van der Waals surface area contributed by atoms with Crippen molar-refractivity contribution in [2.24, 2.45) is 0 Å². The minimum absolute atomic E-state index is 0.128. The number of hydrogen-bond donors (Lipinski definition) is 1. The van der Waals surface area contributed by atoms with Crippen LogP contribution < -0.4 is 10.2 Å². The summed E-state index contributed by atoms with van der Waals surface area (Å²) >= 11 is 12.3. The number of para-hydroxylation sites is 2. The van der Waals surface area contributed by atoms with E-state index < -0.39 is 0 Å². The molecular weight excluding hydrogens is 357 g/mol. The number of nitrogens with zero attached hydrogens (tertiary/aromatic N) is 2. The molecule has 1 fully saturated rings. The van der Waals surface area contributed by atoms with Gasteiger partial charge in [0.1, 0.15) is 0 Å². The van der Waals surface area contributed by atoms with Gasteiger partial charge in [-0.2, -0.15) is 0 Å². The van der Waals surface area contributed by atoms with Crippen LogP contribution >= 0.6 is 23.2 Å². The van der Waals surface area contributed by atoms with E-state index in [-0.39, 0.29) is 12.3 Å². The van der Waals surface area contributed by atoms with Crippen LogP contribution in [-0.4, -0.2) is 44.0 Å². The molecule has 0 atom stereocenters. The Balaban J connectivity index is 1.73. The molecule has 1 aliphatic rings. The lowest BCUT2D eigenvalue weighted by Gasteiger charge is -2.35. The zero-order valence-electron chi connectivity index (χ0n) is 14.1. The number of carbonyl (C=O) groups excluding carboxylic acids is 1. The van der Waals surface area contributed by atoms with Crippen LogP contribution in [0.15, 0.2) is 42.5 Å². The minimum Gasteiger partial charge on any atom is -0.367 e. The minimum atomic E-state index is -0.128. The fourth-order valence-corrected chi connectivity index (χ4v) is 3.49. The van der Waals surface area contributed by atoms with Crippen LogP contribution in [0.25, 0.3) is 0 Å². The molecular formula is C19H21Cl2N3O. The number of rotatable bonds is 4. The van der Waals surface area contributed by atoms with Crippen molar-refractivity contribution < 1.29 is 4.79 Å². The zero-order chi connectivity index (χ0) is 17.8. The molecule has 0 bridgehead atoms. The van der Waals surface area contributed by atoms with E-state index in [4.69, 9.17) is 23.2 Å². The molecule has 1 aliphatic heterocycles. The van der Waals surface area contributed by atoms with E-state index in [0.29, 0.717) is 15.6 Å². The second-order valence-electron chi connectivity index (χ2n) is 6.23. The summed E-state index contributed by atoms with van der Waals surface area (Å²) in [6.07, 6.45) is 0.148. The van der Waals surface area contributed by atoms with Crippen LogP contribution in [0.3, 0.4) is 0 Å². The molecule has 1 N–H and O–H groups in total. The van der Waals surface area contributed by atoms with Crippen LogP contribution in [0, 0.1) is 0 Å². The second kappa shape index (κ2) is 8.09. The van der Waals surface area contributed by atoms with Gasteiger partial charge in [0.05, 0.1) is 17.8 Å². The topological polar surface area (TPSA) is 35.6 Å². The van der Waals surface area contributed by atoms with Crippen molar-refractivity contribution in [1.29, 1.82) is 0 Å². The average Bonchev–Trinajstić information content (AvgIpc) is 2.60. The molecule has 2 aromatic carbocycles. The Morgan fingerprint density at radius 1 is 1.00 bits per heavy atom. The molecule has 4 nitrogen and oxygen atoms in total. The van der Waals surface area contributed by atoms with Gasteiger partial charge in [0.15, 0.2) is 0 Å². The normalized spacial score (nSPS) is 15.2. The summed E-state index contributed by atoms with van der Waals surface area (Å²) in [5.41, 5.74) is 2.52. The van der Waals surface area contributed by atoms with Gasteiger partial charge >= 0.3 is 0 Å². The summed E-state index contributed by atoms with van der Waals surface area (Å²) in [7, 11) is 2.12. The maximum atomic E-state index is 12.5. The van der Waals surface area contributed by atoms with E-state index in [1.54, 1.807) is 18.2 Å². The molecule has 1 saturated heterocycles. The summed E-state index contributed by atoms with van der Waals surface area (Å²) in [4.78, 5) is 17.1. The number of halogens is 2. The molecule has 0 unspecified atom stereocenters. The summed E-state index contributed by atoms with van der Waals surface area (Å²) in [5.74, 6) is -0.128. The fourth-order valence-electron chi connectivity index (χ4n) is 2.96. The van der Waals surface area contributed by atoms with Crippen LogP contribution in [0.2, 0.25) is 10.0 Å². The van der Waals surface area contributed by atoms with Crippen molar-refractivity contribution in [1.82, 2.24) is 4.90 Å². The van der Waals surface area contributed by atoms with Crippen LogP contribution in [0.4, 0.5) is 11.4 Å². The Morgan fingerprint density at radius 3 is 2.32 bits per heavy atom. The van der Waals surface area contributed by atoms with Gasteiger partial charge < -0.3 is 15.1 Å². The predicted octanol–water partition coefficient (Wildman–Crippen LogP) is 3.93. The molecule has 0 saturated carbocycles. The van der Waals surface area contributed by atoms with Gasteiger partial charge in [-0.25, -0.2) is 0 Å². The molecule has 3 rings (SSSR count). The monoisotopic (exact) mass is 377 g/mol. The van der Waals surface area contributed by atoms with Crippen LogP contribution in [0.5, 0.6) is 0 Å². The Kier molecular flexibility index (Phi) is 5.84. The van der Waals surface area contributed by atoms with Gasteiger partial charge in [0.25, 0.3) is 0 Å². The molecule has 132 valence electrons. The third-order valence-corrected chi connectivity index (χ3v) is 5.13. The third kappa shape index (κ3) is 4.46. The summed E-state index contributed by atoms with van der Waals surface area (Å²) in [5, 5.41) is 4.03. The number of hydrogen-bond acceptors (Lipinski definition) is 3. The van der Waals surface area contributed by atoms with Gasteiger partial charge in [-0.05, 0) is 36.9 Å². The smallest absolute Gasteiger partial charge is 0.228 e. The quantitative estimate of drug-likeness (QED) is 0.876. The van der Waals surface area contributed by atoms with E-state index in [1.807, 2.05) is 24.3 Å². The van der Waals surface area contributed by atoms with Crippen molar-refractivity contribution in [2.45, 2.75) is 6.42 Å². The van der Waals surface area contributed by atoms with E-state index in [0.717, 1.165) is 37.6 Å². The Morgan fingerprint density at radius 2 is 1.64 bits per heavy atom. The standard InChI is InChI=1S/C19H21Cl2N3O/c1-23-9-11-24(12-10-23)18-8-3-2-7-17(18)22-19(25)13-14-15(20)5-4-6-16(14)21/h2-8H,9-13H2,1H3,(H,22,25). The third-order valence-electron chi connectivity index (χ3n) is 4.42. The number of likely N-dealkylation sites (N-methyl/N-ethyl adjacent to an activating group) is 1. The first-order valence-electron chi connectivity index (χ1n) is 8.30. The lowest BCUT2D eigenvalue weighted by atomic mass is 10.1. The fraction of sp³-hybridized carbons (Fsp3) is 0.316. The summed E-state index contributed by atoms with van der Waals surface area (Å²) in [6, 6.07) is 13.2. The predicted molar refractivity (Wildman–Crippen MR) is 105 cm³/mol. The molecule has 2 aromatic rings. The zero-order valence-corrected chi connectivity index (χ0v) is 15.6. The number of carbonyl (C=O) groups is 1. The Bertz CT molecular complexity index is 738. The van der Waals surface area contributed by atoms with E-state index >= 15 is 0 Å². The van der Waals surface area contributed by atoms with Gasteiger partial charge in [0, 0.05) is 36.2 Å². The average molecular weight is 378 g/mol.